The van der Waals surface area contributed by atoms with Crippen LogP contribution in [0.5, 0.6) is 11.5 Å². The molecule has 3 heterocycles. The van der Waals surface area contributed by atoms with Gasteiger partial charge in [0.2, 0.25) is 0 Å². The number of fused-ring (bicyclic) bond motifs is 1. The van der Waals surface area contributed by atoms with Crippen LogP contribution in [0.3, 0.4) is 0 Å². The molecule has 0 radical (unpaired) electrons. The van der Waals surface area contributed by atoms with Crippen molar-refractivity contribution in [1.29, 1.82) is 0 Å². The van der Waals surface area contributed by atoms with E-state index in [1.165, 1.54) is 12.4 Å². The number of amides is 1. The summed E-state index contributed by atoms with van der Waals surface area (Å²) in [5.41, 5.74) is 1.71. The Morgan fingerprint density at radius 3 is 2.67 bits per heavy atom. The number of carbonyl (C=O) groups is 1. The summed E-state index contributed by atoms with van der Waals surface area (Å²) in [6, 6.07) is 10.9. The average Bonchev–Trinajstić information content (AvgIpc) is 2.73. The van der Waals surface area contributed by atoms with Gasteiger partial charge in [-0.3, -0.25) is 9.78 Å². The van der Waals surface area contributed by atoms with Gasteiger partial charge in [0.1, 0.15) is 24.7 Å². The van der Waals surface area contributed by atoms with Crippen molar-refractivity contribution in [1.82, 2.24) is 15.0 Å². The molecule has 2 N–H and O–H groups in total. The fourth-order valence-corrected chi connectivity index (χ4v) is 2.54. The van der Waals surface area contributed by atoms with Crippen LogP contribution in [0.25, 0.3) is 0 Å². The number of rotatable bonds is 5. The molecule has 1 aliphatic rings. The predicted molar refractivity (Wildman–Crippen MR) is 99.0 cm³/mol. The number of hydrogen-bond acceptors (Lipinski definition) is 7. The number of hydrogen-bond donors (Lipinski definition) is 2. The molecule has 136 valence electrons. The van der Waals surface area contributed by atoms with Crippen molar-refractivity contribution in [2.75, 3.05) is 23.8 Å². The first-order valence-corrected chi connectivity index (χ1v) is 8.45. The monoisotopic (exact) mass is 363 g/mol. The second kappa shape index (κ2) is 7.69. The fraction of sp³-hybridized carbons (Fsp3) is 0.158. The molecule has 1 amide bonds. The molecule has 0 aliphatic carbocycles. The lowest BCUT2D eigenvalue weighted by Gasteiger charge is -2.18. The maximum absolute atomic E-state index is 12.4. The van der Waals surface area contributed by atoms with Gasteiger partial charge >= 0.3 is 0 Å². The molecule has 0 bridgehead atoms. The van der Waals surface area contributed by atoms with E-state index < -0.39 is 0 Å². The Morgan fingerprint density at radius 1 is 1.00 bits per heavy atom. The zero-order chi connectivity index (χ0) is 18.5. The number of benzene rings is 1. The van der Waals surface area contributed by atoms with Gasteiger partial charge in [0.25, 0.3) is 5.91 Å². The van der Waals surface area contributed by atoms with Crippen LogP contribution in [0.4, 0.5) is 11.5 Å². The molecule has 0 fully saturated rings. The van der Waals surface area contributed by atoms with E-state index in [4.69, 9.17) is 9.47 Å². The third kappa shape index (κ3) is 4.12. The Kier molecular flexibility index (Phi) is 4.78. The molecular weight excluding hydrogens is 346 g/mol. The molecule has 8 heteroatoms. The van der Waals surface area contributed by atoms with Crippen LogP contribution in [-0.2, 0) is 6.54 Å². The minimum atomic E-state index is -0.351. The van der Waals surface area contributed by atoms with Crippen LogP contribution in [-0.4, -0.2) is 34.1 Å². The smallest absolute Gasteiger partial charge is 0.275 e. The summed E-state index contributed by atoms with van der Waals surface area (Å²) >= 11 is 0. The van der Waals surface area contributed by atoms with Gasteiger partial charge in [-0.25, -0.2) is 9.97 Å². The molecule has 3 aromatic rings. The van der Waals surface area contributed by atoms with Crippen molar-refractivity contribution in [3.05, 3.63) is 66.4 Å². The Labute approximate surface area is 155 Å². The van der Waals surface area contributed by atoms with Crippen LogP contribution in [0, 0.1) is 0 Å². The second-order valence-electron chi connectivity index (χ2n) is 5.77. The molecular formula is C19H17N5O3. The summed E-state index contributed by atoms with van der Waals surface area (Å²) < 4.78 is 11.0. The lowest BCUT2D eigenvalue weighted by atomic mass is 10.2. The largest absolute Gasteiger partial charge is 0.486 e. The van der Waals surface area contributed by atoms with E-state index in [1.807, 2.05) is 18.2 Å². The van der Waals surface area contributed by atoms with Gasteiger partial charge in [-0.15, -0.1) is 0 Å². The molecule has 1 aromatic carbocycles. The van der Waals surface area contributed by atoms with Crippen molar-refractivity contribution < 1.29 is 14.3 Å². The lowest BCUT2D eigenvalue weighted by Crippen LogP contribution is -2.17. The highest BCUT2D eigenvalue weighted by Gasteiger charge is 2.14. The zero-order valence-electron chi connectivity index (χ0n) is 14.4. The first-order chi connectivity index (χ1) is 13.3. The topological polar surface area (TPSA) is 98.3 Å². The molecule has 1 aliphatic heterocycles. The maximum Gasteiger partial charge on any atom is 0.275 e. The van der Waals surface area contributed by atoms with Crippen molar-refractivity contribution in [2.45, 2.75) is 6.54 Å². The highest BCUT2D eigenvalue weighted by atomic mass is 16.6. The summed E-state index contributed by atoms with van der Waals surface area (Å²) in [6.45, 7) is 1.54. The molecule has 0 spiro atoms. The quantitative estimate of drug-likeness (QED) is 0.719. The minimum Gasteiger partial charge on any atom is -0.486 e. The zero-order valence-corrected chi connectivity index (χ0v) is 14.4. The number of anilines is 2. The lowest BCUT2D eigenvalue weighted by molar-refractivity contribution is 0.102. The molecule has 0 saturated heterocycles. The molecule has 0 unspecified atom stereocenters. The van der Waals surface area contributed by atoms with Crippen LogP contribution in [0.1, 0.15) is 16.2 Å². The van der Waals surface area contributed by atoms with Crippen molar-refractivity contribution >= 4 is 17.4 Å². The van der Waals surface area contributed by atoms with E-state index >= 15 is 0 Å². The Hall–Kier alpha value is -3.68. The third-order valence-electron chi connectivity index (χ3n) is 3.86. The molecule has 4 rings (SSSR count). The summed E-state index contributed by atoms with van der Waals surface area (Å²) in [5, 5.41) is 5.89. The second-order valence-corrected chi connectivity index (χ2v) is 5.77. The number of carbonyl (C=O) groups excluding carboxylic acids is 1. The first kappa shape index (κ1) is 16.8. The Balaban J connectivity index is 1.37. The van der Waals surface area contributed by atoms with Crippen molar-refractivity contribution in [3.8, 4) is 11.5 Å². The van der Waals surface area contributed by atoms with Crippen LogP contribution < -0.4 is 20.1 Å². The predicted octanol–water partition coefficient (Wildman–Crippen LogP) is 2.51. The molecule has 0 saturated carbocycles. The number of ether oxygens (including phenoxy) is 2. The molecule has 8 nitrogen and oxygen atoms in total. The van der Waals surface area contributed by atoms with Gasteiger partial charge in [-0.05, 0) is 24.3 Å². The normalized spacial score (nSPS) is 12.3. The fourth-order valence-electron chi connectivity index (χ4n) is 2.54. The average molecular weight is 363 g/mol. The van der Waals surface area contributed by atoms with Crippen LogP contribution >= 0.6 is 0 Å². The highest BCUT2D eigenvalue weighted by Crippen LogP contribution is 2.32. The van der Waals surface area contributed by atoms with Gasteiger partial charge < -0.3 is 20.1 Å². The highest BCUT2D eigenvalue weighted by molar-refractivity contribution is 6.02. The van der Waals surface area contributed by atoms with Gasteiger partial charge in [0.05, 0.1) is 24.6 Å². The summed E-state index contributed by atoms with van der Waals surface area (Å²) in [4.78, 5) is 25.0. The van der Waals surface area contributed by atoms with E-state index in [9.17, 15) is 4.79 Å². The van der Waals surface area contributed by atoms with Gasteiger partial charge in [-0.1, -0.05) is 6.07 Å². The first-order valence-electron chi connectivity index (χ1n) is 8.45. The van der Waals surface area contributed by atoms with Gasteiger partial charge in [0, 0.05) is 18.0 Å². The number of aromatic nitrogens is 3. The number of nitrogens with one attached hydrogen (secondary N) is 2. The van der Waals surface area contributed by atoms with E-state index in [0.717, 1.165) is 5.69 Å². The number of nitrogens with zero attached hydrogens (tertiary/aromatic N) is 3. The van der Waals surface area contributed by atoms with Crippen molar-refractivity contribution in [3.63, 3.8) is 0 Å². The SMILES string of the molecule is O=C(Nc1ccc2c(c1)OCCO2)c1cnc(NCc2ccccn2)cn1. The Bertz CT molecular complexity index is 932. The van der Waals surface area contributed by atoms with Gasteiger partial charge in [0.15, 0.2) is 11.5 Å². The minimum absolute atomic E-state index is 0.216. The van der Waals surface area contributed by atoms with Crippen LogP contribution in [0.15, 0.2) is 55.0 Å². The standard InChI is InChI=1S/C19H17N5O3/c25-19(24-13-4-5-16-17(9-13)27-8-7-26-16)15-11-23-18(12-21-15)22-10-14-3-1-2-6-20-14/h1-6,9,11-12H,7-8,10H2,(H,22,23)(H,24,25). The summed E-state index contributed by atoms with van der Waals surface area (Å²) in [7, 11) is 0. The summed E-state index contributed by atoms with van der Waals surface area (Å²) in [6.07, 6.45) is 4.67. The van der Waals surface area contributed by atoms with Crippen LogP contribution in [0.2, 0.25) is 0 Å². The summed E-state index contributed by atoms with van der Waals surface area (Å²) in [5.74, 6) is 1.49. The van der Waals surface area contributed by atoms with E-state index in [-0.39, 0.29) is 11.6 Å². The maximum atomic E-state index is 12.4. The Morgan fingerprint density at radius 2 is 1.89 bits per heavy atom. The number of pyridine rings is 1. The van der Waals surface area contributed by atoms with E-state index in [0.29, 0.717) is 42.8 Å². The van der Waals surface area contributed by atoms with Gasteiger partial charge in [-0.2, -0.15) is 0 Å². The molecule has 0 atom stereocenters. The van der Waals surface area contributed by atoms with E-state index in [2.05, 4.69) is 25.6 Å². The van der Waals surface area contributed by atoms with Crippen molar-refractivity contribution in [2.24, 2.45) is 0 Å². The molecule has 27 heavy (non-hydrogen) atoms. The molecule has 2 aromatic heterocycles. The third-order valence-corrected chi connectivity index (χ3v) is 3.86. The van der Waals surface area contributed by atoms with E-state index in [1.54, 1.807) is 24.4 Å².